The van der Waals surface area contributed by atoms with Gasteiger partial charge in [0.1, 0.15) is 11.2 Å². The fourth-order valence-electron chi connectivity index (χ4n) is 2.41. The third-order valence-electron chi connectivity index (χ3n) is 3.49. The molecule has 0 fully saturated rings. The average molecular weight is 324 g/mol. The quantitative estimate of drug-likeness (QED) is 0.439. The number of hydrazone groups is 1. The smallest absolute Gasteiger partial charge is 0.169 e. The Labute approximate surface area is 142 Å². The van der Waals surface area contributed by atoms with Crippen LogP contribution in [0.2, 0.25) is 0 Å². The van der Waals surface area contributed by atoms with Gasteiger partial charge in [0.25, 0.3) is 0 Å². The van der Waals surface area contributed by atoms with Crippen molar-refractivity contribution in [2.45, 2.75) is 20.3 Å². The molecule has 3 N–H and O–H groups in total. The van der Waals surface area contributed by atoms with Crippen LogP contribution in [0.25, 0.3) is 11.0 Å². The van der Waals surface area contributed by atoms with Gasteiger partial charge in [0, 0.05) is 20.5 Å². The zero-order chi connectivity index (χ0) is 17.5. The summed E-state index contributed by atoms with van der Waals surface area (Å²) in [5, 5.41) is 4.02. The molecule has 1 aromatic carbocycles. The molecule has 3 rings (SSSR count). The molecule has 0 unspecified atom stereocenters. The van der Waals surface area contributed by atoms with Crippen LogP contribution in [0.3, 0.4) is 0 Å². The predicted molar refractivity (Wildman–Crippen MR) is 98.9 cm³/mol. The van der Waals surface area contributed by atoms with Gasteiger partial charge in [-0.25, -0.2) is 9.97 Å². The Morgan fingerprint density at radius 1 is 1.25 bits per heavy atom. The number of nitrogens with zero attached hydrogens (tertiary/aromatic N) is 4. The van der Waals surface area contributed by atoms with Crippen LogP contribution < -0.4 is 11.2 Å². The molecule has 6 nitrogen and oxygen atoms in total. The number of pyridine rings is 1. The van der Waals surface area contributed by atoms with E-state index in [1.807, 2.05) is 49.7 Å². The van der Waals surface area contributed by atoms with E-state index >= 15 is 0 Å². The highest BCUT2D eigenvalue weighted by molar-refractivity contribution is 5.98. The van der Waals surface area contributed by atoms with Gasteiger partial charge in [-0.05, 0) is 11.6 Å². The second-order valence-electron chi connectivity index (χ2n) is 5.06. The number of fused-ring (bicyclic) bond motifs is 1. The summed E-state index contributed by atoms with van der Waals surface area (Å²) in [6.45, 7) is 4.00. The maximum absolute atomic E-state index is 5.97. The van der Waals surface area contributed by atoms with Crippen LogP contribution in [-0.4, -0.2) is 27.4 Å². The molecule has 0 saturated heterocycles. The van der Waals surface area contributed by atoms with Crippen molar-refractivity contribution in [3.05, 3.63) is 59.7 Å². The van der Waals surface area contributed by atoms with Crippen molar-refractivity contribution in [1.29, 1.82) is 0 Å². The summed E-state index contributed by atoms with van der Waals surface area (Å²) < 4.78 is 1.96. The fraction of sp³-hybridized carbons (Fsp3) is 0.278. The van der Waals surface area contributed by atoms with E-state index in [4.69, 9.17) is 5.73 Å². The van der Waals surface area contributed by atoms with E-state index in [1.54, 1.807) is 13.4 Å². The highest BCUT2D eigenvalue weighted by Crippen LogP contribution is 2.19. The number of nitrogens with one attached hydrogen (secondary N) is 1. The molecule has 0 spiro atoms. The molecule has 0 saturated carbocycles. The Morgan fingerprint density at radius 2 is 1.96 bits per heavy atom. The molecule has 0 bridgehead atoms. The second-order valence-corrected chi connectivity index (χ2v) is 5.06. The topological polar surface area (TPSA) is 81.1 Å². The van der Waals surface area contributed by atoms with Crippen LogP contribution in [0.15, 0.2) is 47.8 Å². The van der Waals surface area contributed by atoms with Crippen molar-refractivity contribution in [3.8, 4) is 0 Å². The molecule has 2 heterocycles. The zero-order valence-corrected chi connectivity index (χ0v) is 14.6. The maximum atomic E-state index is 5.97. The van der Waals surface area contributed by atoms with Crippen LogP contribution >= 0.6 is 0 Å². The van der Waals surface area contributed by atoms with Crippen molar-refractivity contribution in [2.75, 3.05) is 7.05 Å². The molecule has 0 aliphatic rings. The first kappa shape index (κ1) is 17.5. The van der Waals surface area contributed by atoms with Crippen molar-refractivity contribution < 1.29 is 0 Å². The van der Waals surface area contributed by atoms with Gasteiger partial charge >= 0.3 is 0 Å². The Morgan fingerprint density at radius 3 is 2.62 bits per heavy atom. The van der Waals surface area contributed by atoms with E-state index < -0.39 is 0 Å². The van der Waals surface area contributed by atoms with E-state index in [0.717, 1.165) is 16.7 Å². The monoisotopic (exact) mass is 324 g/mol. The summed E-state index contributed by atoms with van der Waals surface area (Å²) >= 11 is 0. The van der Waals surface area contributed by atoms with Gasteiger partial charge in [-0.15, -0.1) is 0 Å². The van der Waals surface area contributed by atoms with Crippen molar-refractivity contribution >= 4 is 16.9 Å². The highest BCUT2D eigenvalue weighted by Gasteiger charge is 2.13. The van der Waals surface area contributed by atoms with Crippen LogP contribution in [0.5, 0.6) is 0 Å². The van der Waals surface area contributed by atoms with Crippen LogP contribution in [0.4, 0.5) is 0 Å². The van der Waals surface area contributed by atoms with E-state index in [2.05, 4.69) is 32.6 Å². The lowest BCUT2D eigenvalue weighted by molar-refractivity contribution is 0.894. The normalized spacial score (nSPS) is 11.1. The van der Waals surface area contributed by atoms with Gasteiger partial charge in [-0.3, -0.25) is 0 Å². The lowest BCUT2D eigenvalue weighted by atomic mass is 10.1. The third-order valence-corrected chi connectivity index (χ3v) is 3.49. The van der Waals surface area contributed by atoms with Gasteiger partial charge in [-0.2, -0.15) is 5.10 Å². The Balaban J connectivity index is 0.00000100. The lowest BCUT2D eigenvalue weighted by Crippen LogP contribution is -2.19. The molecule has 2 aromatic heterocycles. The summed E-state index contributed by atoms with van der Waals surface area (Å²) in [5.74, 6) is 0.361. The summed E-state index contributed by atoms with van der Waals surface area (Å²) in [6.07, 6.45) is 2.49. The molecular weight excluding hydrogens is 300 g/mol. The molecule has 3 aromatic rings. The number of nitrogens with two attached hydrogens (primary N) is 1. The summed E-state index contributed by atoms with van der Waals surface area (Å²) in [7, 11) is 3.66. The molecule has 0 amide bonds. The molecular formula is C18H24N6. The van der Waals surface area contributed by atoms with Crippen molar-refractivity contribution in [1.82, 2.24) is 20.0 Å². The zero-order valence-electron chi connectivity index (χ0n) is 14.6. The SMILES string of the molecule is CC.CNN=C(N)c1cc2c(ncn2C)c(Cc2ccccc2)n1. The van der Waals surface area contributed by atoms with Gasteiger partial charge < -0.3 is 15.7 Å². The van der Waals surface area contributed by atoms with Crippen LogP contribution in [0.1, 0.15) is 30.8 Å². The summed E-state index contributed by atoms with van der Waals surface area (Å²) in [6, 6.07) is 12.1. The number of rotatable bonds is 4. The highest BCUT2D eigenvalue weighted by atomic mass is 15.3. The first-order chi connectivity index (χ1) is 11.7. The lowest BCUT2D eigenvalue weighted by Gasteiger charge is -2.07. The molecule has 126 valence electrons. The molecule has 0 atom stereocenters. The molecule has 0 radical (unpaired) electrons. The number of aryl methyl sites for hydroxylation is 1. The van der Waals surface area contributed by atoms with Crippen LogP contribution in [0, 0.1) is 0 Å². The minimum Gasteiger partial charge on any atom is -0.380 e. The largest absolute Gasteiger partial charge is 0.380 e. The first-order valence-corrected chi connectivity index (χ1v) is 8.04. The third kappa shape index (κ3) is 3.71. The van der Waals surface area contributed by atoms with Crippen LogP contribution in [-0.2, 0) is 13.5 Å². The minimum atomic E-state index is 0.361. The average Bonchev–Trinajstić information content (AvgIpc) is 2.99. The number of benzene rings is 1. The minimum absolute atomic E-state index is 0.361. The van der Waals surface area contributed by atoms with Gasteiger partial charge in [0.2, 0.25) is 0 Å². The Bertz CT molecular complexity index is 820. The van der Waals surface area contributed by atoms with Gasteiger partial charge in [0.15, 0.2) is 5.84 Å². The Hall–Kier alpha value is -2.89. The number of hydrogen-bond acceptors (Lipinski definition) is 4. The predicted octanol–water partition coefficient (Wildman–Crippen LogP) is 2.42. The number of aromatic nitrogens is 3. The Kier molecular flexibility index (Phi) is 5.89. The molecule has 24 heavy (non-hydrogen) atoms. The summed E-state index contributed by atoms with van der Waals surface area (Å²) in [4.78, 5) is 9.12. The summed E-state index contributed by atoms with van der Waals surface area (Å²) in [5.41, 5.74) is 13.3. The number of amidine groups is 1. The van der Waals surface area contributed by atoms with Gasteiger partial charge in [-0.1, -0.05) is 44.2 Å². The molecule has 6 heteroatoms. The van der Waals surface area contributed by atoms with Crippen molar-refractivity contribution in [3.63, 3.8) is 0 Å². The van der Waals surface area contributed by atoms with E-state index in [0.29, 0.717) is 18.0 Å². The fourth-order valence-corrected chi connectivity index (χ4v) is 2.41. The second kappa shape index (κ2) is 8.10. The van der Waals surface area contributed by atoms with E-state index in [-0.39, 0.29) is 0 Å². The van der Waals surface area contributed by atoms with Gasteiger partial charge in [0.05, 0.1) is 17.5 Å². The van der Waals surface area contributed by atoms with E-state index in [9.17, 15) is 0 Å². The maximum Gasteiger partial charge on any atom is 0.169 e. The standard InChI is InChI=1S/C16H18N6.C2H6/c1-18-21-16(17)13-9-14-15(19-10-22(14)2)12(20-13)8-11-6-4-3-5-7-11;1-2/h3-7,9-10,18H,8H2,1-2H3,(H2,17,21);1-2H3. The molecule has 0 aliphatic carbocycles. The van der Waals surface area contributed by atoms with E-state index in [1.165, 1.54) is 5.56 Å². The van der Waals surface area contributed by atoms with Crippen molar-refractivity contribution in [2.24, 2.45) is 17.9 Å². The number of hydrogen-bond donors (Lipinski definition) is 2. The first-order valence-electron chi connectivity index (χ1n) is 8.04. The number of imidazole rings is 1. The molecule has 0 aliphatic heterocycles.